The number of nitrogens with zero attached hydrogens (tertiary/aromatic N) is 4. The molecular weight excluding hydrogens is 386 g/mol. The van der Waals surface area contributed by atoms with Gasteiger partial charge in [0.05, 0.1) is 12.0 Å². The molecule has 0 unspecified atom stereocenters. The zero-order valence-corrected chi connectivity index (χ0v) is 16.4. The number of furan rings is 1. The van der Waals surface area contributed by atoms with Crippen LogP contribution in [0.4, 0.5) is 5.13 Å². The molecule has 4 heterocycles. The van der Waals surface area contributed by atoms with Crippen LogP contribution in [0.25, 0.3) is 22.2 Å². The molecule has 8 heteroatoms. The highest BCUT2D eigenvalue weighted by molar-refractivity contribution is 7.13. The standard InChI is InChI=1S/C21H19N5O2S/c27-20(24-16-6-10-26(11-7-16)21-25-23-13-29-21)15-3-1-14(2-4-15)19-17-8-12-28-18(17)5-9-22-19/h1-5,8-9,12-13,16H,6-7,10-11H2,(H,24,27). The maximum Gasteiger partial charge on any atom is 0.251 e. The van der Waals surface area contributed by atoms with Gasteiger partial charge >= 0.3 is 0 Å². The third-order valence-corrected chi connectivity index (χ3v) is 6.00. The number of hydrogen-bond donors (Lipinski definition) is 1. The van der Waals surface area contributed by atoms with Gasteiger partial charge < -0.3 is 14.6 Å². The van der Waals surface area contributed by atoms with Gasteiger partial charge in [-0.1, -0.05) is 23.5 Å². The number of rotatable bonds is 4. The Morgan fingerprint density at radius 3 is 2.72 bits per heavy atom. The van der Waals surface area contributed by atoms with Gasteiger partial charge in [-0.2, -0.15) is 0 Å². The maximum absolute atomic E-state index is 12.7. The molecule has 0 saturated carbocycles. The lowest BCUT2D eigenvalue weighted by atomic mass is 10.0. The van der Waals surface area contributed by atoms with Crippen molar-refractivity contribution in [1.29, 1.82) is 0 Å². The SMILES string of the molecule is O=C(NC1CCN(c2nncs2)CC1)c1ccc(-c2nccc3occc23)cc1. The van der Waals surface area contributed by atoms with Crippen LogP contribution in [0.5, 0.6) is 0 Å². The van der Waals surface area contributed by atoms with Crippen LogP contribution in [-0.2, 0) is 0 Å². The Bertz CT molecular complexity index is 1120. The van der Waals surface area contributed by atoms with Crippen molar-refractivity contribution in [3.05, 3.63) is 59.9 Å². The molecule has 0 spiro atoms. The van der Waals surface area contributed by atoms with Crippen LogP contribution in [0, 0.1) is 0 Å². The molecule has 3 aromatic heterocycles. The van der Waals surface area contributed by atoms with E-state index in [1.807, 2.05) is 36.4 Å². The van der Waals surface area contributed by atoms with Crippen molar-refractivity contribution in [1.82, 2.24) is 20.5 Å². The minimum Gasteiger partial charge on any atom is -0.464 e. The highest BCUT2D eigenvalue weighted by atomic mass is 32.1. The molecule has 146 valence electrons. The van der Waals surface area contributed by atoms with Gasteiger partial charge in [-0.15, -0.1) is 10.2 Å². The lowest BCUT2D eigenvalue weighted by Gasteiger charge is -2.31. The van der Waals surface area contributed by atoms with Crippen molar-refractivity contribution in [3.8, 4) is 11.3 Å². The topological polar surface area (TPSA) is 84.2 Å². The summed E-state index contributed by atoms with van der Waals surface area (Å²) in [4.78, 5) is 19.4. The van der Waals surface area contributed by atoms with E-state index in [1.165, 1.54) is 0 Å². The first-order chi connectivity index (χ1) is 14.3. The van der Waals surface area contributed by atoms with Crippen LogP contribution in [-0.4, -0.2) is 40.2 Å². The quantitative estimate of drug-likeness (QED) is 0.557. The summed E-state index contributed by atoms with van der Waals surface area (Å²) in [6, 6.07) is 11.5. The molecule has 0 aliphatic carbocycles. The highest BCUT2D eigenvalue weighted by Crippen LogP contribution is 2.27. The number of benzene rings is 1. The summed E-state index contributed by atoms with van der Waals surface area (Å²) < 4.78 is 5.44. The predicted octanol–water partition coefficient (Wildman–Crippen LogP) is 3.75. The van der Waals surface area contributed by atoms with E-state index in [4.69, 9.17) is 4.42 Å². The van der Waals surface area contributed by atoms with Crippen LogP contribution in [0.2, 0.25) is 0 Å². The molecule has 7 nitrogen and oxygen atoms in total. The van der Waals surface area contributed by atoms with Crippen molar-refractivity contribution in [2.24, 2.45) is 0 Å². The number of amides is 1. The number of hydrogen-bond acceptors (Lipinski definition) is 7. The number of anilines is 1. The molecule has 29 heavy (non-hydrogen) atoms. The number of aromatic nitrogens is 3. The van der Waals surface area contributed by atoms with E-state index < -0.39 is 0 Å². The normalized spacial score (nSPS) is 15.0. The van der Waals surface area contributed by atoms with E-state index >= 15 is 0 Å². The second-order valence-electron chi connectivity index (χ2n) is 7.03. The second kappa shape index (κ2) is 7.63. The number of nitrogens with one attached hydrogen (secondary N) is 1. The summed E-state index contributed by atoms with van der Waals surface area (Å²) in [6.07, 6.45) is 5.19. The van der Waals surface area contributed by atoms with Gasteiger partial charge in [-0.3, -0.25) is 9.78 Å². The van der Waals surface area contributed by atoms with Gasteiger partial charge in [-0.05, 0) is 37.1 Å². The maximum atomic E-state index is 12.7. The van der Waals surface area contributed by atoms with Crippen LogP contribution in [0.1, 0.15) is 23.2 Å². The first kappa shape index (κ1) is 17.8. The number of carbonyl (C=O) groups is 1. The van der Waals surface area contributed by atoms with Crippen molar-refractivity contribution in [2.75, 3.05) is 18.0 Å². The van der Waals surface area contributed by atoms with Crippen molar-refractivity contribution in [2.45, 2.75) is 18.9 Å². The summed E-state index contributed by atoms with van der Waals surface area (Å²) in [5, 5.41) is 13.1. The average molecular weight is 405 g/mol. The summed E-state index contributed by atoms with van der Waals surface area (Å²) in [7, 11) is 0. The summed E-state index contributed by atoms with van der Waals surface area (Å²) >= 11 is 1.55. The van der Waals surface area contributed by atoms with Gasteiger partial charge in [0.1, 0.15) is 11.1 Å². The molecule has 1 saturated heterocycles. The fraction of sp³-hybridized carbons (Fsp3) is 0.238. The number of fused-ring (bicyclic) bond motifs is 1. The van der Waals surface area contributed by atoms with E-state index in [0.717, 1.165) is 53.3 Å². The van der Waals surface area contributed by atoms with Crippen molar-refractivity contribution >= 4 is 33.3 Å². The molecule has 0 bridgehead atoms. The molecule has 0 atom stereocenters. The van der Waals surface area contributed by atoms with Gasteiger partial charge in [0.25, 0.3) is 5.91 Å². The molecule has 1 fully saturated rings. The monoisotopic (exact) mass is 405 g/mol. The molecule has 1 aromatic carbocycles. The predicted molar refractivity (Wildman–Crippen MR) is 112 cm³/mol. The smallest absolute Gasteiger partial charge is 0.251 e. The Labute approximate surface area is 171 Å². The first-order valence-electron chi connectivity index (χ1n) is 9.52. The van der Waals surface area contributed by atoms with Gasteiger partial charge in [0.2, 0.25) is 5.13 Å². The lowest BCUT2D eigenvalue weighted by Crippen LogP contribution is -2.44. The minimum atomic E-state index is -0.0413. The largest absolute Gasteiger partial charge is 0.464 e. The Hall–Kier alpha value is -3.26. The average Bonchev–Trinajstić information content (AvgIpc) is 3.46. The second-order valence-corrected chi connectivity index (χ2v) is 7.84. The molecule has 0 radical (unpaired) electrons. The molecule has 1 N–H and O–H groups in total. The fourth-order valence-electron chi connectivity index (χ4n) is 3.69. The van der Waals surface area contributed by atoms with E-state index in [2.05, 4.69) is 25.4 Å². The van der Waals surface area contributed by atoms with E-state index in [0.29, 0.717) is 5.56 Å². The van der Waals surface area contributed by atoms with Crippen molar-refractivity contribution in [3.63, 3.8) is 0 Å². The van der Waals surface area contributed by atoms with Crippen LogP contribution in [0.3, 0.4) is 0 Å². The molecule has 4 aromatic rings. The Morgan fingerprint density at radius 2 is 1.97 bits per heavy atom. The lowest BCUT2D eigenvalue weighted by molar-refractivity contribution is 0.0931. The molecular formula is C21H19N5O2S. The zero-order valence-electron chi connectivity index (χ0n) is 15.6. The number of carbonyl (C=O) groups excluding carboxylic acids is 1. The van der Waals surface area contributed by atoms with E-state index in [9.17, 15) is 4.79 Å². The van der Waals surface area contributed by atoms with Crippen molar-refractivity contribution < 1.29 is 9.21 Å². The molecule has 1 amide bonds. The Balaban J connectivity index is 1.24. The summed E-state index contributed by atoms with van der Waals surface area (Å²) in [5.41, 5.74) is 5.01. The Morgan fingerprint density at radius 1 is 1.14 bits per heavy atom. The van der Waals surface area contributed by atoms with Gasteiger partial charge in [0.15, 0.2) is 0 Å². The third-order valence-electron chi connectivity index (χ3n) is 5.25. The van der Waals surface area contributed by atoms with Gasteiger partial charge in [-0.25, -0.2) is 0 Å². The highest BCUT2D eigenvalue weighted by Gasteiger charge is 2.22. The van der Waals surface area contributed by atoms with E-state index in [-0.39, 0.29) is 11.9 Å². The first-order valence-corrected chi connectivity index (χ1v) is 10.4. The van der Waals surface area contributed by atoms with E-state index in [1.54, 1.807) is 29.3 Å². The summed E-state index contributed by atoms with van der Waals surface area (Å²) in [5.74, 6) is -0.0413. The molecule has 1 aliphatic heterocycles. The fourth-order valence-corrected chi connectivity index (χ4v) is 4.31. The third kappa shape index (κ3) is 3.58. The van der Waals surface area contributed by atoms with Gasteiger partial charge in [0, 0.05) is 41.8 Å². The minimum absolute atomic E-state index is 0.0413. The number of piperidine rings is 1. The zero-order chi connectivity index (χ0) is 19.6. The molecule has 1 aliphatic rings. The number of pyridine rings is 1. The summed E-state index contributed by atoms with van der Waals surface area (Å²) in [6.45, 7) is 1.75. The van der Waals surface area contributed by atoms with Crippen LogP contribution in [0.15, 0.2) is 58.8 Å². The Kier molecular flexibility index (Phi) is 4.69. The molecule has 5 rings (SSSR count). The van der Waals surface area contributed by atoms with Crippen LogP contribution < -0.4 is 10.2 Å². The van der Waals surface area contributed by atoms with Crippen LogP contribution >= 0.6 is 11.3 Å².